The molecule has 0 amide bonds. The summed E-state index contributed by atoms with van der Waals surface area (Å²) < 4.78 is 21.9. The van der Waals surface area contributed by atoms with Crippen molar-refractivity contribution in [2.45, 2.75) is 19.4 Å². The van der Waals surface area contributed by atoms with Crippen LogP contribution in [0.4, 0.5) is 0 Å². The summed E-state index contributed by atoms with van der Waals surface area (Å²) in [5.74, 6) is 2.01. The Morgan fingerprint density at radius 2 is 1.74 bits per heavy atom. The molecule has 1 aliphatic heterocycles. The number of oxazole rings is 1. The number of methoxy groups -OCH3 is 1. The van der Waals surface area contributed by atoms with Crippen LogP contribution < -0.4 is 9.47 Å². The van der Waals surface area contributed by atoms with Gasteiger partial charge in [-0.2, -0.15) is 0 Å². The molecule has 1 fully saturated rings. The minimum Gasteiger partial charge on any atom is -0.497 e. The SMILES string of the molecule is COc1ccc(C(=O)OCc2cnc(-c3ccc(OCCN4CCCC4)cc3)o2)cc1. The van der Waals surface area contributed by atoms with Gasteiger partial charge in [-0.05, 0) is 74.5 Å². The molecule has 162 valence electrons. The van der Waals surface area contributed by atoms with Gasteiger partial charge in [0.25, 0.3) is 0 Å². The predicted molar refractivity (Wildman–Crippen MR) is 115 cm³/mol. The lowest BCUT2D eigenvalue weighted by molar-refractivity contribution is 0.0446. The predicted octanol–water partition coefficient (Wildman–Crippen LogP) is 4.18. The Balaban J connectivity index is 1.27. The van der Waals surface area contributed by atoms with Crippen LogP contribution in [0.25, 0.3) is 11.5 Å². The van der Waals surface area contributed by atoms with E-state index in [-0.39, 0.29) is 6.61 Å². The molecule has 0 N–H and O–H groups in total. The van der Waals surface area contributed by atoms with E-state index in [1.807, 2.05) is 24.3 Å². The molecule has 3 aromatic rings. The van der Waals surface area contributed by atoms with Crippen molar-refractivity contribution < 1.29 is 23.4 Å². The smallest absolute Gasteiger partial charge is 0.338 e. The quantitative estimate of drug-likeness (QED) is 0.479. The van der Waals surface area contributed by atoms with Crippen LogP contribution in [0.1, 0.15) is 29.0 Å². The lowest BCUT2D eigenvalue weighted by Gasteiger charge is -2.14. The van der Waals surface area contributed by atoms with Crippen LogP contribution in [0.15, 0.2) is 59.1 Å². The van der Waals surface area contributed by atoms with Gasteiger partial charge in [0, 0.05) is 12.1 Å². The summed E-state index contributed by atoms with van der Waals surface area (Å²) in [6.45, 7) is 3.99. The van der Waals surface area contributed by atoms with Gasteiger partial charge in [0.15, 0.2) is 12.4 Å². The average Bonchev–Trinajstić information content (AvgIpc) is 3.50. The van der Waals surface area contributed by atoms with Gasteiger partial charge in [-0.3, -0.25) is 4.90 Å². The van der Waals surface area contributed by atoms with Gasteiger partial charge in [-0.15, -0.1) is 0 Å². The van der Waals surface area contributed by atoms with Gasteiger partial charge in [-0.1, -0.05) is 0 Å². The molecule has 0 atom stereocenters. The number of nitrogens with zero attached hydrogens (tertiary/aromatic N) is 2. The van der Waals surface area contributed by atoms with Gasteiger partial charge in [0.2, 0.25) is 5.89 Å². The zero-order chi connectivity index (χ0) is 21.5. The van der Waals surface area contributed by atoms with Crippen LogP contribution in [0.3, 0.4) is 0 Å². The van der Waals surface area contributed by atoms with E-state index in [4.69, 9.17) is 18.6 Å². The number of ether oxygens (including phenoxy) is 3. The van der Waals surface area contributed by atoms with Gasteiger partial charge in [0.05, 0.1) is 18.9 Å². The maximum Gasteiger partial charge on any atom is 0.338 e. The number of carbonyl (C=O) groups excluding carboxylic acids is 1. The minimum absolute atomic E-state index is 0.00948. The van der Waals surface area contributed by atoms with Gasteiger partial charge in [-0.25, -0.2) is 9.78 Å². The summed E-state index contributed by atoms with van der Waals surface area (Å²) in [6, 6.07) is 14.4. The van der Waals surface area contributed by atoms with Crippen molar-refractivity contribution >= 4 is 5.97 Å². The second-order valence-electron chi connectivity index (χ2n) is 7.36. The van der Waals surface area contributed by atoms with E-state index in [1.54, 1.807) is 37.6 Å². The Hall–Kier alpha value is -3.32. The van der Waals surface area contributed by atoms with Crippen LogP contribution >= 0.6 is 0 Å². The maximum absolute atomic E-state index is 12.2. The van der Waals surface area contributed by atoms with Gasteiger partial charge in [0.1, 0.15) is 18.1 Å². The molecule has 1 saturated heterocycles. The monoisotopic (exact) mass is 422 g/mol. The molecule has 1 aromatic heterocycles. The Morgan fingerprint density at radius 1 is 1.03 bits per heavy atom. The highest BCUT2D eigenvalue weighted by atomic mass is 16.5. The van der Waals surface area contributed by atoms with Crippen LogP contribution in [-0.4, -0.2) is 49.2 Å². The number of aromatic nitrogens is 1. The second-order valence-corrected chi connectivity index (χ2v) is 7.36. The summed E-state index contributed by atoms with van der Waals surface area (Å²) in [5, 5.41) is 0. The first-order chi connectivity index (χ1) is 15.2. The molecule has 0 bridgehead atoms. The molecule has 4 rings (SSSR count). The lowest BCUT2D eigenvalue weighted by atomic mass is 10.2. The summed E-state index contributed by atoms with van der Waals surface area (Å²) in [6.07, 6.45) is 4.14. The van der Waals surface area contributed by atoms with Crippen LogP contribution in [0.5, 0.6) is 11.5 Å². The molecule has 0 radical (unpaired) electrons. The average molecular weight is 422 g/mol. The zero-order valence-electron chi connectivity index (χ0n) is 17.6. The van der Waals surface area contributed by atoms with Crippen molar-refractivity contribution in [2.24, 2.45) is 0 Å². The normalized spacial score (nSPS) is 13.8. The summed E-state index contributed by atoms with van der Waals surface area (Å²) in [4.78, 5) is 18.9. The third kappa shape index (κ3) is 5.64. The van der Waals surface area contributed by atoms with Crippen molar-refractivity contribution in [3.8, 4) is 23.0 Å². The number of hydrogen-bond donors (Lipinski definition) is 0. The number of likely N-dealkylation sites (tertiary alicyclic amines) is 1. The Kier molecular flexibility index (Phi) is 6.84. The second kappa shape index (κ2) is 10.1. The number of hydrogen-bond acceptors (Lipinski definition) is 7. The molecule has 0 unspecified atom stereocenters. The fourth-order valence-electron chi connectivity index (χ4n) is 3.45. The highest BCUT2D eigenvalue weighted by Crippen LogP contribution is 2.23. The minimum atomic E-state index is -0.434. The van der Waals surface area contributed by atoms with Gasteiger partial charge >= 0.3 is 5.97 Å². The Labute approximate surface area is 181 Å². The summed E-state index contributed by atoms with van der Waals surface area (Å²) >= 11 is 0. The first-order valence-corrected chi connectivity index (χ1v) is 10.4. The fraction of sp³-hybridized carbons (Fsp3) is 0.333. The van der Waals surface area contributed by atoms with Crippen molar-refractivity contribution in [3.05, 3.63) is 66.1 Å². The van der Waals surface area contributed by atoms with E-state index in [9.17, 15) is 4.79 Å². The van der Waals surface area contributed by atoms with Crippen molar-refractivity contribution in [3.63, 3.8) is 0 Å². The fourth-order valence-corrected chi connectivity index (χ4v) is 3.45. The first kappa shape index (κ1) is 20.9. The standard InChI is InChI=1S/C24H26N2O5/c1-28-20-8-6-19(7-9-20)24(27)30-17-22-16-25-23(31-22)18-4-10-21(11-5-18)29-15-14-26-12-2-3-13-26/h4-11,16H,2-3,12-15,17H2,1H3. The van der Waals surface area contributed by atoms with E-state index in [0.717, 1.165) is 17.9 Å². The Morgan fingerprint density at radius 3 is 2.45 bits per heavy atom. The molecule has 2 heterocycles. The molecular weight excluding hydrogens is 396 g/mol. The van der Waals surface area contributed by atoms with Gasteiger partial charge < -0.3 is 18.6 Å². The maximum atomic E-state index is 12.2. The molecular formula is C24H26N2O5. The largest absolute Gasteiger partial charge is 0.497 e. The van der Waals surface area contributed by atoms with E-state index in [2.05, 4.69) is 9.88 Å². The third-order valence-corrected chi connectivity index (χ3v) is 5.20. The lowest BCUT2D eigenvalue weighted by Crippen LogP contribution is -2.25. The Bertz CT molecular complexity index is 976. The van der Waals surface area contributed by atoms with Crippen LogP contribution in [-0.2, 0) is 11.3 Å². The zero-order valence-corrected chi connectivity index (χ0v) is 17.6. The number of esters is 1. The number of rotatable bonds is 9. The molecule has 2 aromatic carbocycles. The van der Waals surface area contributed by atoms with E-state index >= 15 is 0 Å². The van der Waals surface area contributed by atoms with Crippen LogP contribution in [0, 0.1) is 0 Å². The number of carbonyl (C=O) groups is 1. The highest BCUT2D eigenvalue weighted by Gasteiger charge is 2.13. The van der Waals surface area contributed by atoms with Crippen molar-refractivity contribution in [1.82, 2.24) is 9.88 Å². The molecule has 7 nitrogen and oxygen atoms in total. The molecule has 31 heavy (non-hydrogen) atoms. The van der Waals surface area contributed by atoms with Crippen molar-refractivity contribution in [2.75, 3.05) is 33.4 Å². The summed E-state index contributed by atoms with van der Waals surface area (Å²) in [7, 11) is 1.57. The topological polar surface area (TPSA) is 74.0 Å². The molecule has 0 aliphatic carbocycles. The van der Waals surface area contributed by atoms with E-state index in [0.29, 0.717) is 29.6 Å². The number of benzene rings is 2. The third-order valence-electron chi connectivity index (χ3n) is 5.20. The molecule has 0 spiro atoms. The van der Waals surface area contributed by atoms with E-state index in [1.165, 1.54) is 25.9 Å². The van der Waals surface area contributed by atoms with Crippen molar-refractivity contribution in [1.29, 1.82) is 0 Å². The van der Waals surface area contributed by atoms with Crippen LogP contribution in [0.2, 0.25) is 0 Å². The summed E-state index contributed by atoms with van der Waals surface area (Å²) in [5.41, 5.74) is 1.28. The molecule has 0 saturated carbocycles. The molecule has 7 heteroatoms. The highest BCUT2D eigenvalue weighted by molar-refractivity contribution is 5.89. The first-order valence-electron chi connectivity index (χ1n) is 10.4. The van der Waals surface area contributed by atoms with E-state index < -0.39 is 5.97 Å². The molecule has 1 aliphatic rings.